The van der Waals surface area contributed by atoms with Gasteiger partial charge in [0.05, 0.1) is 22.3 Å². The van der Waals surface area contributed by atoms with E-state index in [0.717, 1.165) is 25.2 Å². The van der Waals surface area contributed by atoms with Gasteiger partial charge in [0, 0.05) is 13.1 Å². The second-order valence-corrected chi connectivity index (χ2v) is 4.45. The molecule has 16 heavy (non-hydrogen) atoms. The molecular weight excluding hydrogens is 220 g/mol. The molecule has 0 bridgehead atoms. The molecule has 0 saturated heterocycles. The van der Waals surface area contributed by atoms with E-state index >= 15 is 0 Å². The molecule has 0 N–H and O–H groups in total. The maximum atomic E-state index is 8.77. The van der Waals surface area contributed by atoms with Gasteiger partial charge >= 0.3 is 0 Å². The van der Waals surface area contributed by atoms with Crippen LogP contribution in [0.4, 0.5) is 5.69 Å². The third kappa shape index (κ3) is 2.20. The van der Waals surface area contributed by atoms with Crippen LogP contribution in [0.3, 0.4) is 0 Å². The van der Waals surface area contributed by atoms with Crippen molar-refractivity contribution in [2.75, 3.05) is 18.0 Å². The molecule has 1 aliphatic rings. The molecule has 1 aromatic rings. The normalized spacial score (nSPS) is 15.6. The third-order valence-electron chi connectivity index (χ3n) is 2.75. The highest BCUT2D eigenvalue weighted by Gasteiger charge is 2.13. The van der Waals surface area contributed by atoms with Crippen molar-refractivity contribution < 1.29 is 0 Å². The smallest absolute Gasteiger partial charge is 0.0992 e. The number of rotatable bonds is 1. The Hall–Kier alpha value is -1.46. The Balaban J connectivity index is 2.28. The average Bonchev–Trinajstić information content (AvgIpc) is 2.28. The lowest BCUT2D eigenvalue weighted by Gasteiger charge is -2.29. The minimum atomic E-state index is 0.609. The van der Waals surface area contributed by atoms with E-state index < -0.39 is 0 Å². The maximum absolute atomic E-state index is 8.77. The molecule has 82 valence electrons. The molecule has 2 rings (SSSR count). The van der Waals surface area contributed by atoms with Crippen LogP contribution in [0.15, 0.2) is 29.8 Å². The molecule has 1 aliphatic heterocycles. The van der Waals surface area contributed by atoms with E-state index in [1.165, 1.54) is 5.57 Å². The number of hydrogen-bond donors (Lipinski definition) is 0. The highest BCUT2D eigenvalue weighted by Crippen LogP contribution is 2.28. The molecule has 0 aliphatic carbocycles. The SMILES string of the molecule is CC1=CCCN(c2ccc(C#N)cc2Cl)C1. The molecule has 0 unspecified atom stereocenters. The number of nitriles is 1. The molecule has 3 heteroatoms. The molecule has 0 spiro atoms. The summed E-state index contributed by atoms with van der Waals surface area (Å²) in [6.45, 7) is 4.04. The number of benzene rings is 1. The topological polar surface area (TPSA) is 27.0 Å². The molecule has 0 radical (unpaired) electrons. The monoisotopic (exact) mass is 232 g/mol. The summed E-state index contributed by atoms with van der Waals surface area (Å²) in [6, 6.07) is 7.56. The van der Waals surface area contributed by atoms with Gasteiger partial charge in [0.25, 0.3) is 0 Å². The molecule has 0 amide bonds. The molecule has 0 aromatic heterocycles. The van der Waals surface area contributed by atoms with E-state index in [1.54, 1.807) is 6.07 Å². The number of anilines is 1. The fourth-order valence-electron chi connectivity index (χ4n) is 1.95. The van der Waals surface area contributed by atoms with Crippen LogP contribution in [-0.4, -0.2) is 13.1 Å². The summed E-state index contributed by atoms with van der Waals surface area (Å²) in [4.78, 5) is 2.25. The first-order valence-electron chi connectivity index (χ1n) is 5.31. The minimum absolute atomic E-state index is 0.609. The zero-order valence-electron chi connectivity index (χ0n) is 9.20. The first kappa shape index (κ1) is 11.0. The van der Waals surface area contributed by atoms with Crippen LogP contribution >= 0.6 is 11.6 Å². The standard InChI is InChI=1S/C13H13ClN2/c1-10-3-2-6-16(9-10)13-5-4-11(8-15)7-12(13)14/h3-5,7H,2,6,9H2,1H3. The second-order valence-electron chi connectivity index (χ2n) is 4.04. The van der Waals surface area contributed by atoms with Crippen LogP contribution < -0.4 is 4.90 Å². The molecule has 0 atom stereocenters. The highest BCUT2D eigenvalue weighted by molar-refractivity contribution is 6.33. The van der Waals surface area contributed by atoms with Gasteiger partial charge in [0.1, 0.15) is 0 Å². The van der Waals surface area contributed by atoms with Crippen molar-refractivity contribution in [1.82, 2.24) is 0 Å². The van der Waals surface area contributed by atoms with Crippen molar-refractivity contribution in [2.24, 2.45) is 0 Å². The minimum Gasteiger partial charge on any atom is -0.366 e. The summed E-state index contributed by atoms with van der Waals surface area (Å²) in [5.74, 6) is 0. The summed E-state index contributed by atoms with van der Waals surface area (Å²) in [5, 5.41) is 9.43. The highest BCUT2D eigenvalue weighted by atomic mass is 35.5. The maximum Gasteiger partial charge on any atom is 0.0992 e. The summed E-state index contributed by atoms with van der Waals surface area (Å²) < 4.78 is 0. The lowest BCUT2D eigenvalue weighted by atomic mass is 10.1. The Morgan fingerprint density at radius 1 is 1.44 bits per heavy atom. The summed E-state index contributed by atoms with van der Waals surface area (Å²) >= 11 is 6.18. The Labute approximate surface area is 101 Å². The van der Waals surface area contributed by atoms with Crippen LogP contribution in [0.5, 0.6) is 0 Å². The first-order valence-corrected chi connectivity index (χ1v) is 5.69. The van der Waals surface area contributed by atoms with Crippen molar-refractivity contribution in [3.05, 3.63) is 40.4 Å². The van der Waals surface area contributed by atoms with Crippen molar-refractivity contribution in [3.63, 3.8) is 0 Å². The Bertz CT molecular complexity index is 471. The molecule has 1 aromatic carbocycles. The van der Waals surface area contributed by atoms with Gasteiger partial charge in [0.15, 0.2) is 0 Å². The predicted octanol–water partition coefficient (Wildman–Crippen LogP) is 3.37. The van der Waals surface area contributed by atoms with Crippen molar-refractivity contribution in [2.45, 2.75) is 13.3 Å². The van der Waals surface area contributed by atoms with Gasteiger partial charge in [0.2, 0.25) is 0 Å². The van der Waals surface area contributed by atoms with Crippen LogP contribution in [0.2, 0.25) is 5.02 Å². The zero-order valence-corrected chi connectivity index (χ0v) is 9.96. The van der Waals surface area contributed by atoms with Gasteiger partial charge in [-0.3, -0.25) is 0 Å². The van der Waals surface area contributed by atoms with Gasteiger partial charge in [-0.05, 0) is 31.5 Å². The van der Waals surface area contributed by atoms with Crippen LogP contribution in [-0.2, 0) is 0 Å². The average molecular weight is 233 g/mol. The fraction of sp³-hybridized carbons (Fsp3) is 0.308. The Morgan fingerprint density at radius 2 is 2.25 bits per heavy atom. The summed E-state index contributed by atoms with van der Waals surface area (Å²) in [5.41, 5.74) is 3.00. The van der Waals surface area contributed by atoms with Gasteiger partial charge in [-0.1, -0.05) is 23.3 Å². The fourth-order valence-corrected chi connectivity index (χ4v) is 2.25. The number of halogens is 1. The largest absolute Gasteiger partial charge is 0.366 e. The zero-order chi connectivity index (χ0) is 11.5. The third-order valence-corrected chi connectivity index (χ3v) is 3.05. The van der Waals surface area contributed by atoms with E-state index in [2.05, 4.69) is 24.0 Å². The van der Waals surface area contributed by atoms with Crippen LogP contribution in [0.1, 0.15) is 18.9 Å². The van der Waals surface area contributed by atoms with Crippen molar-refractivity contribution >= 4 is 17.3 Å². The molecule has 1 heterocycles. The lowest BCUT2D eigenvalue weighted by Crippen LogP contribution is -2.29. The Morgan fingerprint density at radius 3 is 2.88 bits per heavy atom. The van der Waals surface area contributed by atoms with E-state index in [4.69, 9.17) is 16.9 Å². The van der Waals surface area contributed by atoms with Crippen LogP contribution in [0.25, 0.3) is 0 Å². The van der Waals surface area contributed by atoms with E-state index in [0.29, 0.717) is 10.6 Å². The van der Waals surface area contributed by atoms with E-state index in [9.17, 15) is 0 Å². The van der Waals surface area contributed by atoms with Gasteiger partial charge in [-0.15, -0.1) is 0 Å². The molecular formula is C13H13ClN2. The van der Waals surface area contributed by atoms with Gasteiger partial charge in [-0.2, -0.15) is 5.26 Å². The number of hydrogen-bond acceptors (Lipinski definition) is 2. The first-order chi connectivity index (χ1) is 7.70. The summed E-state index contributed by atoms with van der Waals surface area (Å²) in [7, 11) is 0. The molecule has 2 nitrogen and oxygen atoms in total. The van der Waals surface area contributed by atoms with E-state index in [1.807, 2.05) is 12.1 Å². The predicted molar refractivity (Wildman–Crippen MR) is 66.8 cm³/mol. The van der Waals surface area contributed by atoms with E-state index in [-0.39, 0.29) is 0 Å². The van der Waals surface area contributed by atoms with Crippen molar-refractivity contribution in [1.29, 1.82) is 5.26 Å². The molecule has 0 fully saturated rings. The quantitative estimate of drug-likeness (QED) is 0.695. The second kappa shape index (κ2) is 4.59. The molecule has 0 saturated carbocycles. The lowest BCUT2D eigenvalue weighted by molar-refractivity contribution is 0.791. The summed E-state index contributed by atoms with van der Waals surface area (Å²) in [6.07, 6.45) is 3.32. The van der Waals surface area contributed by atoms with Gasteiger partial charge in [-0.25, -0.2) is 0 Å². The van der Waals surface area contributed by atoms with Crippen molar-refractivity contribution in [3.8, 4) is 6.07 Å². The number of nitrogens with zero attached hydrogens (tertiary/aromatic N) is 2. The Kier molecular flexibility index (Phi) is 3.17. The van der Waals surface area contributed by atoms with Crippen LogP contribution in [0, 0.1) is 11.3 Å². The van der Waals surface area contributed by atoms with Gasteiger partial charge < -0.3 is 4.90 Å².